The quantitative estimate of drug-likeness (QED) is 0.911. The number of nitrogens with zero attached hydrogens (tertiary/aromatic N) is 1. The number of aromatic nitrogens is 2. The molecule has 5 heteroatoms. The number of likely N-dealkylation sites (N-methyl/N-ethyl adjacent to an activating group) is 1. The van der Waals surface area contributed by atoms with Gasteiger partial charge in [0.25, 0.3) is 0 Å². The maximum absolute atomic E-state index is 13.2. The average Bonchev–Trinajstić information content (AvgIpc) is 2.82. The van der Waals surface area contributed by atoms with Crippen LogP contribution in [0.15, 0.2) is 35.1 Å². The molecule has 3 nitrogen and oxygen atoms in total. The number of halogens is 2. The van der Waals surface area contributed by atoms with E-state index in [9.17, 15) is 4.39 Å². The van der Waals surface area contributed by atoms with E-state index in [-0.39, 0.29) is 11.9 Å². The largest absolute Gasteiger partial charge is 0.349 e. The van der Waals surface area contributed by atoms with Crippen LogP contribution in [0.25, 0.3) is 0 Å². The first-order valence-electron chi connectivity index (χ1n) is 5.31. The molecule has 0 saturated carbocycles. The third-order valence-corrected chi connectivity index (χ3v) is 3.25. The summed E-state index contributed by atoms with van der Waals surface area (Å²) < 4.78 is 13.6. The number of hydrogen-bond donors (Lipinski definition) is 2. The summed E-state index contributed by atoms with van der Waals surface area (Å²) in [7, 11) is 1.88. The standard InChI is InChI=1S/C12H13BrFN3/c1-15-11(7-12-16-4-5-17-12)8-2-3-10(14)9(13)6-8/h2-6,11,15H,7H2,1H3,(H,16,17). The number of H-pyrrole nitrogens is 1. The van der Waals surface area contributed by atoms with Crippen molar-refractivity contribution in [3.05, 3.63) is 52.3 Å². The molecule has 0 radical (unpaired) electrons. The van der Waals surface area contributed by atoms with E-state index in [4.69, 9.17) is 0 Å². The smallest absolute Gasteiger partial charge is 0.137 e. The van der Waals surface area contributed by atoms with Gasteiger partial charge in [0.2, 0.25) is 0 Å². The van der Waals surface area contributed by atoms with E-state index in [1.165, 1.54) is 6.07 Å². The summed E-state index contributed by atoms with van der Waals surface area (Å²) in [6.45, 7) is 0. The number of benzene rings is 1. The van der Waals surface area contributed by atoms with E-state index in [1.807, 2.05) is 7.05 Å². The number of nitrogens with one attached hydrogen (secondary N) is 2. The van der Waals surface area contributed by atoms with Gasteiger partial charge in [-0.1, -0.05) is 6.07 Å². The molecule has 1 atom stereocenters. The fourth-order valence-corrected chi connectivity index (χ4v) is 2.12. The van der Waals surface area contributed by atoms with Crippen LogP contribution < -0.4 is 5.32 Å². The molecule has 1 heterocycles. The molecule has 2 rings (SSSR count). The topological polar surface area (TPSA) is 40.7 Å². The Hall–Kier alpha value is -1.20. The zero-order valence-corrected chi connectivity index (χ0v) is 11.0. The van der Waals surface area contributed by atoms with Crippen LogP contribution in [0.1, 0.15) is 17.4 Å². The van der Waals surface area contributed by atoms with Gasteiger partial charge < -0.3 is 10.3 Å². The van der Waals surface area contributed by atoms with Gasteiger partial charge in [-0.2, -0.15) is 0 Å². The van der Waals surface area contributed by atoms with Crippen LogP contribution in [0.2, 0.25) is 0 Å². The second-order valence-corrected chi connectivity index (χ2v) is 4.61. The molecule has 0 amide bonds. The minimum atomic E-state index is -0.249. The van der Waals surface area contributed by atoms with Crippen molar-refractivity contribution >= 4 is 15.9 Å². The Morgan fingerprint density at radius 3 is 2.94 bits per heavy atom. The fraction of sp³-hybridized carbons (Fsp3) is 0.250. The Kier molecular flexibility index (Phi) is 3.91. The van der Waals surface area contributed by atoms with Gasteiger partial charge in [-0.15, -0.1) is 0 Å². The lowest BCUT2D eigenvalue weighted by Crippen LogP contribution is -2.19. The number of hydrogen-bond acceptors (Lipinski definition) is 2. The molecular weight excluding hydrogens is 285 g/mol. The van der Waals surface area contributed by atoms with E-state index in [0.717, 1.165) is 17.8 Å². The minimum Gasteiger partial charge on any atom is -0.349 e. The van der Waals surface area contributed by atoms with Gasteiger partial charge in [0.05, 0.1) is 4.47 Å². The summed E-state index contributed by atoms with van der Waals surface area (Å²) >= 11 is 3.20. The number of rotatable bonds is 4. The monoisotopic (exact) mass is 297 g/mol. The Labute approximate surface area is 108 Å². The second-order valence-electron chi connectivity index (χ2n) is 3.75. The lowest BCUT2D eigenvalue weighted by molar-refractivity contribution is 0.572. The zero-order chi connectivity index (χ0) is 12.3. The summed E-state index contributed by atoms with van der Waals surface area (Å²) in [5.41, 5.74) is 1.03. The van der Waals surface area contributed by atoms with Gasteiger partial charge in [-0.3, -0.25) is 0 Å². The molecule has 0 aliphatic carbocycles. The number of aromatic amines is 1. The molecule has 0 spiro atoms. The van der Waals surface area contributed by atoms with Crippen LogP contribution in [0.5, 0.6) is 0 Å². The lowest BCUT2D eigenvalue weighted by Gasteiger charge is -2.15. The Balaban J connectivity index is 2.20. The SMILES string of the molecule is CNC(Cc1ncc[nH]1)c1ccc(F)c(Br)c1. The molecule has 90 valence electrons. The van der Waals surface area contributed by atoms with E-state index >= 15 is 0 Å². The van der Waals surface area contributed by atoms with Crippen molar-refractivity contribution in [2.45, 2.75) is 12.5 Å². The molecule has 0 fully saturated rings. The molecule has 2 N–H and O–H groups in total. The van der Waals surface area contributed by atoms with Crippen LogP contribution in [0, 0.1) is 5.82 Å². The molecule has 1 unspecified atom stereocenters. The summed E-state index contributed by atoms with van der Waals surface area (Å²) in [5.74, 6) is 0.659. The van der Waals surface area contributed by atoms with E-state index in [1.54, 1.807) is 24.5 Å². The fourth-order valence-electron chi connectivity index (χ4n) is 1.72. The van der Waals surface area contributed by atoms with Crippen molar-refractivity contribution in [2.24, 2.45) is 0 Å². The highest BCUT2D eigenvalue weighted by Gasteiger charge is 2.12. The van der Waals surface area contributed by atoms with Crippen molar-refractivity contribution in [1.29, 1.82) is 0 Å². The summed E-state index contributed by atoms with van der Waals surface area (Å²) in [4.78, 5) is 7.25. The highest BCUT2D eigenvalue weighted by atomic mass is 79.9. The molecule has 17 heavy (non-hydrogen) atoms. The van der Waals surface area contributed by atoms with Crippen LogP contribution in [0.3, 0.4) is 0 Å². The third kappa shape index (κ3) is 2.92. The minimum absolute atomic E-state index is 0.109. The Morgan fingerprint density at radius 1 is 1.53 bits per heavy atom. The first-order chi connectivity index (χ1) is 8.20. The first kappa shape index (κ1) is 12.3. The van der Waals surface area contributed by atoms with Crippen molar-refractivity contribution in [3.8, 4) is 0 Å². The Morgan fingerprint density at radius 2 is 2.35 bits per heavy atom. The molecule has 0 aliphatic heterocycles. The van der Waals surface area contributed by atoms with Crippen LogP contribution >= 0.6 is 15.9 Å². The van der Waals surface area contributed by atoms with E-state index in [0.29, 0.717) is 4.47 Å². The van der Waals surface area contributed by atoms with E-state index < -0.39 is 0 Å². The van der Waals surface area contributed by atoms with Gasteiger partial charge in [0.1, 0.15) is 11.6 Å². The van der Waals surface area contributed by atoms with Gasteiger partial charge in [-0.05, 0) is 40.7 Å². The molecule has 0 aliphatic rings. The molecule has 0 saturated heterocycles. The summed E-state index contributed by atoms with van der Waals surface area (Å²) in [6, 6.07) is 5.15. The Bertz CT molecular complexity index is 485. The first-order valence-corrected chi connectivity index (χ1v) is 6.10. The second kappa shape index (κ2) is 5.42. The predicted molar refractivity (Wildman–Crippen MR) is 68.2 cm³/mol. The zero-order valence-electron chi connectivity index (χ0n) is 9.37. The van der Waals surface area contributed by atoms with Gasteiger partial charge >= 0.3 is 0 Å². The van der Waals surface area contributed by atoms with Gasteiger partial charge in [0.15, 0.2) is 0 Å². The molecule has 0 bridgehead atoms. The predicted octanol–water partition coefficient (Wildman–Crippen LogP) is 2.81. The van der Waals surface area contributed by atoms with E-state index in [2.05, 4.69) is 31.2 Å². The van der Waals surface area contributed by atoms with Crippen LogP contribution in [-0.2, 0) is 6.42 Å². The van der Waals surface area contributed by atoms with Crippen molar-refractivity contribution in [1.82, 2.24) is 15.3 Å². The van der Waals surface area contributed by atoms with Gasteiger partial charge in [-0.25, -0.2) is 9.37 Å². The maximum atomic E-state index is 13.2. The maximum Gasteiger partial charge on any atom is 0.137 e. The lowest BCUT2D eigenvalue weighted by atomic mass is 10.0. The highest BCUT2D eigenvalue weighted by Crippen LogP contribution is 2.22. The summed E-state index contributed by atoms with van der Waals surface area (Å²) in [6.07, 6.45) is 4.26. The number of imidazole rings is 1. The van der Waals surface area contributed by atoms with Crippen molar-refractivity contribution < 1.29 is 4.39 Å². The summed E-state index contributed by atoms with van der Waals surface area (Å²) in [5, 5.41) is 3.20. The van der Waals surface area contributed by atoms with Crippen LogP contribution in [0.4, 0.5) is 4.39 Å². The molecular formula is C12H13BrFN3. The molecule has 1 aromatic heterocycles. The third-order valence-electron chi connectivity index (χ3n) is 2.65. The van der Waals surface area contributed by atoms with Crippen LogP contribution in [-0.4, -0.2) is 17.0 Å². The van der Waals surface area contributed by atoms with Gasteiger partial charge in [0, 0.05) is 24.9 Å². The highest BCUT2D eigenvalue weighted by molar-refractivity contribution is 9.10. The van der Waals surface area contributed by atoms with Crippen molar-refractivity contribution in [3.63, 3.8) is 0 Å². The molecule has 2 aromatic rings. The molecule has 1 aromatic carbocycles. The van der Waals surface area contributed by atoms with Crippen molar-refractivity contribution in [2.75, 3.05) is 7.05 Å². The normalized spacial score (nSPS) is 12.6. The average molecular weight is 298 g/mol.